The van der Waals surface area contributed by atoms with Crippen LogP contribution in [-0.2, 0) is 10.1 Å². The Morgan fingerprint density at radius 3 is 1.72 bits per heavy atom. The van der Waals surface area contributed by atoms with Crippen molar-refractivity contribution in [2.24, 2.45) is 5.11 Å². The molecule has 1 aromatic rings. The van der Waals surface area contributed by atoms with Gasteiger partial charge in [0, 0.05) is 4.91 Å². The first kappa shape index (κ1) is 17.2. The molecule has 0 N–H and O–H groups in total. The van der Waals surface area contributed by atoms with E-state index in [9.17, 15) is 30.5 Å². The second-order valence-corrected chi connectivity index (χ2v) is 3.89. The zero-order valence-electron chi connectivity index (χ0n) is 8.49. The number of azide groups is 1. The average molecular weight is 293 g/mol. The van der Waals surface area contributed by atoms with Crippen molar-refractivity contribution in [1.29, 1.82) is 0 Å². The number of hydrogen-bond acceptors (Lipinski definition) is 4. The molecule has 12 heteroatoms. The van der Waals surface area contributed by atoms with Crippen LogP contribution in [0.15, 0.2) is 10.0 Å². The van der Waals surface area contributed by atoms with Gasteiger partial charge in [-0.1, -0.05) is 5.11 Å². The minimum Gasteiger partial charge on any atom is -0.744 e. The summed E-state index contributed by atoms with van der Waals surface area (Å²) in [4.78, 5) is -0.416. The Bertz CT molecular complexity index is 615. The van der Waals surface area contributed by atoms with Crippen molar-refractivity contribution in [3.63, 3.8) is 0 Å². The summed E-state index contributed by atoms with van der Waals surface area (Å²) in [6, 6.07) is 0. The maximum atomic E-state index is 13.0. The maximum Gasteiger partial charge on any atom is 1.00 e. The van der Waals surface area contributed by atoms with Crippen molar-refractivity contribution in [2.45, 2.75) is 4.90 Å². The van der Waals surface area contributed by atoms with Crippen molar-refractivity contribution in [2.75, 3.05) is 0 Å². The Labute approximate surface area is 119 Å². The van der Waals surface area contributed by atoms with E-state index in [0.717, 1.165) is 0 Å². The molecule has 0 aliphatic rings. The van der Waals surface area contributed by atoms with Crippen LogP contribution in [0.2, 0.25) is 0 Å². The molecule has 0 aliphatic heterocycles. The zero-order chi connectivity index (χ0) is 13.4. The fourth-order valence-corrected chi connectivity index (χ4v) is 1.57. The van der Waals surface area contributed by atoms with E-state index < -0.39 is 44.0 Å². The van der Waals surface area contributed by atoms with Crippen LogP contribution in [0.25, 0.3) is 10.4 Å². The van der Waals surface area contributed by atoms with E-state index in [2.05, 4.69) is 5.11 Å². The Morgan fingerprint density at radius 2 is 1.44 bits per heavy atom. The minimum absolute atomic E-state index is 0. The van der Waals surface area contributed by atoms with Gasteiger partial charge in [0.05, 0.1) is 0 Å². The maximum absolute atomic E-state index is 13.0. The van der Waals surface area contributed by atoms with Crippen LogP contribution in [0.1, 0.15) is 0 Å². The summed E-state index contributed by atoms with van der Waals surface area (Å²) in [6.07, 6.45) is 0. The summed E-state index contributed by atoms with van der Waals surface area (Å²) in [5.74, 6) is -9.42. The van der Waals surface area contributed by atoms with Crippen LogP contribution < -0.4 is 29.6 Å². The molecule has 0 spiro atoms. The average Bonchev–Trinajstić information content (AvgIpc) is 2.20. The third-order valence-corrected chi connectivity index (χ3v) is 2.45. The fraction of sp³-hybridized carbons (Fsp3) is 0. The molecule has 0 heterocycles. The first-order chi connectivity index (χ1) is 7.71. The largest absolute Gasteiger partial charge is 1.00 e. The van der Waals surface area contributed by atoms with Gasteiger partial charge >= 0.3 is 29.6 Å². The molecule has 0 amide bonds. The smallest absolute Gasteiger partial charge is 0.744 e. The summed E-state index contributed by atoms with van der Waals surface area (Å²) in [5, 5.41) is 2.30. The first-order valence-corrected chi connectivity index (χ1v) is 4.99. The summed E-state index contributed by atoms with van der Waals surface area (Å²) in [6.45, 7) is 0. The van der Waals surface area contributed by atoms with E-state index in [-0.39, 0.29) is 29.6 Å². The molecule has 1 rings (SSSR count). The van der Waals surface area contributed by atoms with Gasteiger partial charge in [0.15, 0.2) is 23.3 Å². The number of benzene rings is 1. The zero-order valence-corrected chi connectivity index (χ0v) is 11.3. The predicted molar refractivity (Wildman–Crippen MR) is 43.0 cm³/mol. The quantitative estimate of drug-likeness (QED) is 0.134. The summed E-state index contributed by atoms with van der Waals surface area (Å²) < 4.78 is 83.0. The molecule has 0 saturated heterocycles. The second-order valence-electron chi connectivity index (χ2n) is 2.58. The molecule has 0 aliphatic carbocycles. The molecule has 0 saturated carbocycles. The first-order valence-electron chi connectivity index (χ1n) is 3.58. The molecule has 6 nitrogen and oxygen atoms in total. The van der Waals surface area contributed by atoms with Crippen molar-refractivity contribution in [3.05, 3.63) is 33.7 Å². The van der Waals surface area contributed by atoms with Crippen LogP contribution in [0.3, 0.4) is 0 Å². The molecule has 0 bridgehead atoms. The Balaban J connectivity index is 0.00000289. The molecule has 92 valence electrons. The standard InChI is InChI=1S/C6HF4N3O3S.Na/c7-1-3(9)6(17(14,15)16)4(10)2(8)5(1)12-13-11;/h(H,14,15,16);/q;+1/p-1. The minimum atomic E-state index is -5.76. The van der Waals surface area contributed by atoms with Crippen molar-refractivity contribution in [1.82, 2.24) is 0 Å². The Kier molecular flexibility index (Phi) is 5.59. The number of hydrogen-bond donors (Lipinski definition) is 0. The van der Waals surface area contributed by atoms with E-state index in [1.807, 2.05) is 4.91 Å². The van der Waals surface area contributed by atoms with E-state index in [1.165, 1.54) is 0 Å². The number of rotatable bonds is 2. The molecule has 0 radical (unpaired) electrons. The van der Waals surface area contributed by atoms with Crippen LogP contribution in [0.5, 0.6) is 0 Å². The van der Waals surface area contributed by atoms with Crippen molar-refractivity contribution < 1.29 is 60.1 Å². The Hall–Kier alpha value is -0.840. The van der Waals surface area contributed by atoms with Gasteiger partial charge in [0.1, 0.15) is 20.7 Å². The SMILES string of the molecule is [N-]=[N+]=Nc1c(F)c(F)c(S(=O)(=O)[O-])c(F)c1F.[Na+]. The monoisotopic (exact) mass is 293 g/mol. The van der Waals surface area contributed by atoms with Gasteiger partial charge in [0.25, 0.3) is 0 Å². The molecular formula is C6F4N3NaO3S. The third kappa shape index (κ3) is 2.94. The summed E-state index contributed by atoms with van der Waals surface area (Å²) in [7, 11) is -5.76. The van der Waals surface area contributed by atoms with E-state index in [1.54, 1.807) is 0 Å². The third-order valence-electron chi connectivity index (χ3n) is 1.59. The fourth-order valence-electron chi connectivity index (χ4n) is 0.952. The van der Waals surface area contributed by atoms with E-state index >= 15 is 0 Å². The second kappa shape index (κ2) is 5.87. The van der Waals surface area contributed by atoms with Gasteiger partial charge in [-0.05, 0) is 5.53 Å². The molecule has 1 aromatic carbocycles. The summed E-state index contributed by atoms with van der Waals surface area (Å²) >= 11 is 0. The Morgan fingerprint density at radius 1 is 1.06 bits per heavy atom. The summed E-state index contributed by atoms with van der Waals surface area (Å²) in [5.41, 5.74) is 6.18. The molecule has 0 atom stereocenters. The molecular weight excluding hydrogens is 293 g/mol. The van der Waals surface area contributed by atoms with Gasteiger partial charge in [-0.25, -0.2) is 26.0 Å². The number of halogens is 4. The van der Waals surface area contributed by atoms with E-state index in [4.69, 9.17) is 5.53 Å². The molecule has 0 fully saturated rings. The van der Waals surface area contributed by atoms with E-state index in [0.29, 0.717) is 0 Å². The topological polar surface area (TPSA) is 106 Å². The van der Waals surface area contributed by atoms with Crippen molar-refractivity contribution in [3.8, 4) is 0 Å². The normalized spacial score (nSPS) is 10.5. The van der Waals surface area contributed by atoms with Gasteiger partial charge < -0.3 is 4.55 Å². The predicted octanol–water partition coefficient (Wildman–Crippen LogP) is -0.907. The van der Waals surface area contributed by atoms with Gasteiger partial charge in [-0.3, -0.25) is 0 Å². The number of nitrogens with zero attached hydrogens (tertiary/aromatic N) is 3. The van der Waals surface area contributed by atoms with Gasteiger partial charge in [-0.2, -0.15) is 0 Å². The van der Waals surface area contributed by atoms with Gasteiger partial charge in [-0.15, -0.1) is 0 Å². The molecule has 18 heavy (non-hydrogen) atoms. The van der Waals surface area contributed by atoms with Crippen LogP contribution in [0.4, 0.5) is 23.2 Å². The van der Waals surface area contributed by atoms with Crippen LogP contribution in [-0.4, -0.2) is 13.0 Å². The molecule has 0 aromatic heterocycles. The van der Waals surface area contributed by atoms with Gasteiger partial charge in [0.2, 0.25) is 0 Å². The van der Waals surface area contributed by atoms with Crippen LogP contribution in [0, 0.1) is 23.3 Å². The van der Waals surface area contributed by atoms with Crippen LogP contribution >= 0.6 is 0 Å². The van der Waals surface area contributed by atoms with Crippen molar-refractivity contribution >= 4 is 15.8 Å². The molecule has 0 unspecified atom stereocenters.